The quantitative estimate of drug-likeness (QED) is 0.422. The maximum absolute atomic E-state index is 13.5. The van der Waals surface area contributed by atoms with Crippen molar-refractivity contribution in [1.29, 1.82) is 0 Å². The summed E-state index contributed by atoms with van der Waals surface area (Å²) in [5.74, 6) is 0. The van der Waals surface area contributed by atoms with Crippen molar-refractivity contribution in [2.75, 3.05) is 0 Å². The van der Waals surface area contributed by atoms with Crippen molar-refractivity contribution in [2.24, 2.45) is 0 Å². The minimum atomic E-state index is -0.330. The molecular formula is C25H18N2O2S. The van der Waals surface area contributed by atoms with Crippen molar-refractivity contribution in [3.05, 3.63) is 123 Å². The highest BCUT2D eigenvalue weighted by atomic mass is 32.1. The van der Waals surface area contributed by atoms with E-state index in [0.29, 0.717) is 22.4 Å². The summed E-state index contributed by atoms with van der Waals surface area (Å²) in [5, 5.41) is 0.554. The van der Waals surface area contributed by atoms with Gasteiger partial charge in [0.1, 0.15) is 4.83 Å². The van der Waals surface area contributed by atoms with Crippen LogP contribution in [0.3, 0.4) is 0 Å². The van der Waals surface area contributed by atoms with Crippen LogP contribution in [0.4, 0.5) is 0 Å². The first-order valence-corrected chi connectivity index (χ1v) is 10.5. The maximum Gasteiger partial charge on any atom is 0.337 e. The Balaban J connectivity index is 1.82. The molecule has 0 atom stereocenters. The molecule has 0 fully saturated rings. The Hall–Kier alpha value is -3.70. The van der Waals surface area contributed by atoms with Crippen LogP contribution in [-0.4, -0.2) is 9.13 Å². The molecule has 0 radical (unpaired) electrons. The molecule has 0 amide bonds. The van der Waals surface area contributed by atoms with Crippen LogP contribution in [-0.2, 0) is 6.54 Å². The molecule has 0 N–H and O–H groups in total. The summed E-state index contributed by atoms with van der Waals surface area (Å²) >= 11 is 1.48. The van der Waals surface area contributed by atoms with Crippen molar-refractivity contribution in [2.45, 2.75) is 6.54 Å². The van der Waals surface area contributed by atoms with E-state index in [0.717, 1.165) is 16.0 Å². The molecule has 0 aliphatic heterocycles. The number of nitrogens with zero attached hydrogens (tertiary/aromatic N) is 2. The van der Waals surface area contributed by atoms with E-state index in [1.54, 1.807) is 16.7 Å². The molecule has 0 saturated heterocycles. The first kappa shape index (κ1) is 18.3. The summed E-state index contributed by atoms with van der Waals surface area (Å²) in [4.78, 5) is 28.5. The van der Waals surface area contributed by atoms with Gasteiger partial charge in [-0.05, 0) is 29.3 Å². The van der Waals surface area contributed by atoms with E-state index in [1.165, 1.54) is 15.9 Å². The van der Waals surface area contributed by atoms with Crippen LogP contribution in [0, 0.1) is 0 Å². The fraction of sp³-hybridized carbons (Fsp3) is 0.0400. The van der Waals surface area contributed by atoms with Crippen LogP contribution in [0.5, 0.6) is 0 Å². The Labute approximate surface area is 176 Å². The van der Waals surface area contributed by atoms with Crippen LogP contribution >= 0.6 is 11.3 Å². The van der Waals surface area contributed by atoms with Crippen molar-refractivity contribution in [3.63, 3.8) is 0 Å². The van der Waals surface area contributed by atoms with Crippen LogP contribution in [0.2, 0.25) is 0 Å². The van der Waals surface area contributed by atoms with Crippen molar-refractivity contribution in [1.82, 2.24) is 9.13 Å². The molecule has 2 aromatic heterocycles. The van der Waals surface area contributed by atoms with Gasteiger partial charge in [-0.1, -0.05) is 78.9 Å². The van der Waals surface area contributed by atoms with Crippen LogP contribution in [0.15, 0.2) is 107 Å². The van der Waals surface area contributed by atoms with Gasteiger partial charge in [-0.3, -0.25) is 9.36 Å². The third kappa shape index (κ3) is 3.19. The molecule has 0 spiro atoms. The van der Waals surface area contributed by atoms with Crippen LogP contribution < -0.4 is 11.2 Å². The van der Waals surface area contributed by atoms with Gasteiger partial charge in [0.05, 0.1) is 17.6 Å². The fourth-order valence-electron chi connectivity index (χ4n) is 3.60. The predicted octanol–water partition coefficient (Wildman–Crippen LogP) is 4.93. The average molecular weight is 410 g/mol. The molecule has 0 bridgehead atoms. The van der Waals surface area contributed by atoms with E-state index in [1.807, 2.05) is 84.9 Å². The van der Waals surface area contributed by atoms with E-state index in [9.17, 15) is 9.59 Å². The second-order valence-corrected chi connectivity index (χ2v) is 8.06. The highest BCUT2D eigenvalue weighted by molar-refractivity contribution is 7.21. The second kappa shape index (κ2) is 7.61. The van der Waals surface area contributed by atoms with Crippen molar-refractivity contribution < 1.29 is 0 Å². The van der Waals surface area contributed by atoms with Gasteiger partial charge in [-0.25, -0.2) is 9.36 Å². The monoisotopic (exact) mass is 410 g/mol. The largest absolute Gasteiger partial charge is 0.337 e. The zero-order valence-corrected chi connectivity index (χ0v) is 16.9. The van der Waals surface area contributed by atoms with Crippen molar-refractivity contribution in [3.8, 4) is 16.1 Å². The number of hydrogen-bond donors (Lipinski definition) is 0. The second-order valence-electron chi connectivity index (χ2n) is 7.03. The van der Waals surface area contributed by atoms with Crippen LogP contribution in [0.1, 0.15) is 5.56 Å². The summed E-state index contributed by atoms with van der Waals surface area (Å²) < 4.78 is 2.98. The first-order chi connectivity index (χ1) is 14.7. The van der Waals surface area contributed by atoms with Gasteiger partial charge in [0, 0.05) is 4.88 Å². The summed E-state index contributed by atoms with van der Waals surface area (Å²) in [6.07, 6.45) is 0. The number of benzene rings is 3. The Morgan fingerprint density at radius 1 is 0.733 bits per heavy atom. The number of para-hydroxylation sites is 1. The Kier molecular flexibility index (Phi) is 4.65. The molecule has 5 aromatic rings. The third-order valence-corrected chi connectivity index (χ3v) is 6.28. The highest BCUT2D eigenvalue weighted by Gasteiger charge is 2.18. The summed E-state index contributed by atoms with van der Waals surface area (Å²) in [5.41, 5.74) is 1.99. The van der Waals surface area contributed by atoms with Crippen LogP contribution in [0.25, 0.3) is 26.3 Å². The average Bonchev–Trinajstić information content (AvgIpc) is 3.25. The van der Waals surface area contributed by atoms with E-state index in [2.05, 4.69) is 0 Å². The fourth-order valence-corrected chi connectivity index (χ4v) is 4.75. The number of aromatic nitrogens is 2. The standard InChI is InChI=1S/C25H18N2O2S/c28-23-21-16-22(19-12-6-2-7-13-19)30-24(21)26(17-18-10-4-1-5-11-18)25(29)27(23)20-14-8-3-9-15-20/h1-16H,17H2. The molecule has 5 rings (SSSR count). The normalized spacial score (nSPS) is 11.1. The number of hydrogen-bond acceptors (Lipinski definition) is 3. The molecule has 0 aliphatic rings. The van der Waals surface area contributed by atoms with E-state index >= 15 is 0 Å². The molecular weight excluding hydrogens is 392 g/mol. The Morgan fingerprint density at radius 2 is 1.33 bits per heavy atom. The summed E-state index contributed by atoms with van der Waals surface area (Å²) in [6.45, 7) is 0.401. The third-order valence-electron chi connectivity index (χ3n) is 5.07. The SMILES string of the molecule is O=c1c2cc(-c3ccccc3)sc2n(Cc2ccccc2)c(=O)n1-c1ccccc1. The smallest absolute Gasteiger partial charge is 0.279 e. The molecule has 2 heterocycles. The first-order valence-electron chi connectivity index (χ1n) is 9.66. The lowest BCUT2D eigenvalue weighted by molar-refractivity contribution is 0.719. The van der Waals surface area contributed by atoms with Gasteiger partial charge in [-0.15, -0.1) is 11.3 Å². The molecule has 5 heteroatoms. The molecule has 3 aromatic carbocycles. The molecule has 0 saturated carbocycles. The molecule has 4 nitrogen and oxygen atoms in total. The summed E-state index contributed by atoms with van der Waals surface area (Å²) in [6, 6.07) is 30.8. The molecule has 0 unspecified atom stereocenters. The zero-order valence-electron chi connectivity index (χ0n) is 16.1. The van der Waals surface area contributed by atoms with E-state index in [-0.39, 0.29) is 11.2 Å². The lowest BCUT2D eigenvalue weighted by Gasteiger charge is -2.12. The highest BCUT2D eigenvalue weighted by Crippen LogP contribution is 2.31. The molecule has 30 heavy (non-hydrogen) atoms. The van der Waals surface area contributed by atoms with Gasteiger partial charge in [0.2, 0.25) is 0 Å². The van der Waals surface area contributed by atoms with Gasteiger partial charge in [-0.2, -0.15) is 0 Å². The van der Waals surface area contributed by atoms with E-state index in [4.69, 9.17) is 0 Å². The minimum absolute atomic E-state index is 0.288. The number of rotatable bonds is 4. The maximum atomic E-state index is 13.5. The van der Waals surface area contributed by atoms with Gasteiger partial charge in [0.15, 0.2) is 0 Å². The topological polar surface area (TPSA) is 44.0 Å². The van der Waals surface area contributed by atoms with Gasteiger partial charge >= 0.3 is 5.69 Å². The lowest BCUT2D eigenvalue weighted by Crippen LogP contribution is -2.38. The molecule has 0 aliphatic carbocycles. The Morgan fingerprint density at radius 3 is 2.00 bits per heavy atom. The summed E-state index contributed by atoms with van der Waals surface area (Å²) in [7, 11) is 0. The predicted molar refractivity (Wildman–Crippen MR) is 123 cm³/mol. The zero-order chi connectivity index (χ0) is 20.5. The Bertz CT molecular complexity index is 1430. The number of fused-ring (bicyclic) bond motifs is 1. The minimum Gasteiger partial charge on any atom is -0.279 e. The van der Waals surface area contributed by atoms with Gasteiger partial charge in [0.25, 0.3) is 5.56 Å². The van der Waals surface area contributed by atoms with Crippen molar-refractivity contribution >= 4 is 21.6 Å². The molecule has 146 valence electrons. The number of thiophene rings is 1. The van der Waals surface area contributed by atoms with Gasteiger partial charge < -0.3 is 0 Å². The lowest BCUT2D eigenvalue weighted by atomic mass is 10.2. The van der Waals surface area contributed by atoms with E-state index < -0.39 is 0 Å².